The van der Waals surface area contributed by atoms with Gasteiger partial charge in [-0.3, -0.25) is 4.79 Å². The van der Waals surface area contributed by atoms with Crippen molar-refractivity contribution in [2.24, 2.45) is 0 Å². The average Bonchev–Trinajstić information content (AvgIpc) is 3.07. The molecule has 1 aliphatic rings. The van der Waals surface area contributed by atoms with E-state index in [9.17, 15) is 4.79 Å². The molecule has 1 amide bonds. The zero-order chi connectivity index (χ0) is 12.4. The van der Waals surface area contributed by atoms with Gasteiger partial charge in [-0.2, -0.15) is 0 Å². The minimum atomic E-state index is 0.0617. The van der Waals surface area contributed by atoms with Crippen LogP contribution in [0.4, 0.5) is 0 Å². The topological polar surface area (TPSA) is 29.5 Å². The highest BCUT2D eigenvalue weighted by molar-refractivity contribution is 5.78. The van der Waals surface area contributed by atoms with Gasteiger partial charge in [-0.05, 0) is 49.9 Å². The first-order valence-electron chi connectivity index (χ1n) is 6.03. The van der Waals surface area contributed by atoms with Crippen LogP contribution in [0, 0.1) is 13.8 Å². The molecule has 0 radical (unpaired) electrons. The molecule has 0 bridgehead atoms. The van der Waals surface area contributed by atoms with Gasteiger partial charge in [0.25, 0.3) is 5.91 Å². The number of hydrogen-bond donors (Lipinski definition) is 0. The van der Waals surface area contributed by atoms with Gasteiger partial charge >= 0.3 is 0 Å². The van der Waals surface area contributed by atoms with Gasteiger partial charge in [0.05, 0.1) is 0 Å². The number of aryl methyl sites for hydroxylation is 2. The van der Waals surface area contributed by atoms with Crippen molar-refractivity contribution in [1.82, 2.24) is 4.90 Å². The third kappa shape index (κ3) is 3.22. The summed E-state index contributed by atoms with van der Waals surface area (Å²) in [6.07, 6.45) is 2.26. The summed E-state index contributed by atoms with van der Waals surface area (Å²) in [5.74, 6) is 0.840. The molecule has 0 aliphatic heterocycles. The Morgan fingerprint density at radius 1 is 1.29 bits per heavy atom. The molecule has 1 aromatic carbocycles. The summed E-state index contributed by atoms with van der Waals surface area (Å²) in [5, 5.41) is 0. The highest BCUT2D eigenvalue weighted by atomic mass is 16.5. The molecule has 1 saturated carbocycles. The summed E-state index contributed by atoms with van der Waals surface area (Å²) >= 11 is 0. The Morgan fingerprint density at radius 3 is 2.41 bits per heavy atom. The van der Waals surface area contributed by atoms with E-state index in [0.29, 0.717) is 6.04 Å². The summed E-state index contributed by atoms with van der Waals surface area (Å²) in [6, 6.07) is 6.45. The van der Waals surface area contributed by atoms with E-state index in [2.05, 4.69) is 6.07 Å². The summed E-state index contributed by atoms with van der Waals surface area (Å²) in [5.41, 5.74) is 2.31. The lowest BCUT2D eigenvalue weighted by Crippen LogP contribution is -2.33. The highest BCUT2D eigenvalue weighted by Crippen LogP contribution is 2.25. The van der Waals surface area contributed by atoms with Crippen molar-refractivity contribution in [3.8, 4) is 5.75 Å². The van der Waals surface area contributed by atoms with Gasteiger partial charge in [0.15, 0.2) is 6.61 Å². The molecule has 0 saturated heterocycles. The SMILES string of the molecule is Cc1cc(C)cc(OCC(=O)N(C)C2CC2)c1. The second kappa shape index (κ2) is 4.78. The molecule has 1 fully saturated rings. The van der Waals surface area contributed by atoms with Crippen LogP contribution in [-0.2, 0) is 4.79 Å². The molecule has 1 aliphatic carbocycles. The predicted octanol–water partition coefficient (Wildman–Crippen LogP) is 2.30. The van der Waals surface area contributed by atoms with Crippen molar-refractivity contribution >= 4 is 5.91 Å². The summed E-state index contributed by atoms with van der Waals surface area (Å²) in [7, 11) is 1.85. The number of carbonyl (C=O) groups excluding carboxylic acids is 1. The van der Waals surface area contributed by atoms with Crippen molar-refractivity contribution in [2.45, 2.75) is 32.7 Å². The van der Waals surface area contributed by atoms with Crippen LogP contribution in [0.15, 0.2) is 18.2 Å². The fraction of sp³-hybridized carbons (Fsp3) is 0.500. The molecule has 17 heavy (non-hydrogen) atoms. The Hall–Kier alpha value is -1.51. The molecular weight excluding hydrogens is 214 g/mol. The molecule has 3 nitrogen and oxygen atoms in total. The van der Waals surface area contributed by atoms with E-state index in [1.807, 2.05) is 33.0 Å². The van der Waals surface area contributed by atoms with Crippen LogP contribution in [0.25, 0.3) is 0 Å². The monoisotopic (exact) mass is 233 g/mol. The van der Waals surface area contributed by atoms with Gasteiger partial charge in [-0.25, -0.2) is 0 Å². The van der Waals surface area contributed by atoms with E-state index in [-0.39, 0.29) is 12.5 Å². The maximum absolute atomic E-state index is 11.8. The van der Waals surface area contributed by atoms with E-state index >= 15 is 0 Å². The molecule has 0 aromatic heterocycles. The molecule has 0 heterocycles. The Labute approximate surface area is 102 Å². The number of benzene rings is 1. The predicted molar refractivity (Wildman–Crippen MR) is 67.2 cm³/mol. The van der Waals surface area contributed by atoms with Crippen molar-refractivity contribution in [2.75, 3.05) is 13.7 Å². The fourth-order valence-corrected chi connectivity index (χ4v) is 1.93. The van der Waals surface area contributed by atoms with E-state index in [1.54, 1.807) is 4.90 Å². The van der Waals surface area contributed by atoms with Crippen molar-refractivity contribution in [3.63, 3.8) is 0 Å². The Kier molecular flexibility index (Phi) is 3.36. The third-order valence-corrected chi connectivity index (χ3v) is 3.05. The first-order valence-corrected chi connectivity index (χ1v) is 6.03. The molecular formula is C14H19NO2. The van der Waals surface area contributed by atoms with Crippen LogP contribution >= 0.6 is 0 Å². The van der Waals surface area contributed by atoms with Gasteiger partial charge < -0.3 is 9.64 Å². The first kappa shape index (κ1) is 12.0. The van der Waals surface area contributed by atoms with Gasteiger partial charge in [0.2, 0.25) is 0 Å². The van der Waals surface area contributed by atoms with Crippen LogP contribution in [0.2, 0.25) is 0 Å². The van der Waals surface area contributed by atoms with Crippen LogP contribution in [0.5, 0.6) is 5.75 Å². The maximum Gasteiger partial charge on any atom is 0.260 e. The molecule has 92 valence electrons. The van der Waals surface area contributed by atoms with Gasteiger partial charge in [0.1, 0.15) is 5.75 Å². The number of hydrogen-bond acceptors (Lipinski definition) is 2. The normalized spacial score (nSPS) is 14.5. The largest absolute Gasteiger partial charge is 0.484 e. The van der Waals surface area contributed by atoms with Crippen LogP contribution < -0.4 is 4.74 Å². The zero-order valence-electron chi connectivity index (χ0n) is 10.7. The van der Waals surface area contributed by atoms with Crippen molar-refractivity contribution < 1.29 is 9.53 Å². The molecule has 2 rings (SSSR count). The Balaban J connectivity index is 1.90. The molecule has 0 N–H and O–H groups in total. The van der Waals surface area contributed by atoms with E-state index in [1.165, 1.54) is 0 Å². The lowest BCUT2D eigenvalue weighted by Gasteiger charge is -2.16. The quantitative estimate of drug-likeness (QED) is 0.798. The lowest BCUT2D eigenvalue weighted by atomic mass is 10.1. The second-order valence-electron chi connectivity index (χ2n) is 4.85. The van der Waals surface area contributed by atoms with E-state index < -0.39 is 0 Å². The minimum Gasteiger partial charge on any atom is -0.484 e. The first-order chi connectivity index (χ1) is 8.06. The van der Waals surface area contributed by atoms with Gasteiger partial charge in [-0.1, -0.05) is 6.07 Å². The molecule has 3 heteroatoms. The summed E-state index contributed by atoms with van der Waals surface area (Å²) in [4.78, 5) is 13.6. The molecule has 1 aromatic rings. The highest BCUT2D eigenvalue weighted by Gasteiger charge is 2.29. The smallest absolute Gasteiger partial charge is 0.260 e. The lowest BCUT2D eigenvalue weighted by molar-refractivity contribution is -0.132. The third-order valence-electron chi connectivity index (χ3n) is 3.05. The molecule has 0 unspecified atom stereocenters. The standard InChI is InChI=1S/C14H19NO2/c1-10-6-11(2)8-13(7-10)17-9-14(16)15(3)12-4-5-12/h6-8,12H,4-5,9H2,1-3H3. The number of likely N-dealkylation sites (N-methyl/N-ethyl adjacent to an activating group) is 1. The molecule has 0 atom stereocenters. The number of nitrogens with zero attached hydrogens (tertiary/aromatic N) is 1. The van der Waals surface area contributed by atoms with Crippen LogP contribution in [-0.4, -0.2) is 30.5 Å². The Bertz CT molecular complexity index is 404. The van der Waals surface area contributed by atoms with E-state index in [4.69, 9.17) is 4.74 Å². The van der Waals surface area contributed by atoms with Gasteiger partial charge in [-0.15, -0.1) is 0 Å². The zero-order valence-corrected chi connectivity index (χ0v) is 10.7. The van der Waals surface area contributed by atoms with Crippen LogP contribution in [0.3, 0.4) is 0 Å². The average molecular weight is 233 g/mol. The minimum absolute atomic E-state index is 0.0617. The fourth-order valence-electron chi connectivity index (χ4n) is 1.93. The summed E-state index contributed by atoms with van der Waals surface area (Å²) in [6.45, 7) is 4.19. The van der Waals surface area contributed by atoms with Crippen molar-refractivity contribution in [1.29, 1.82) is 0 Å². The number of ether oxygens (including phenoxy) is 1. The van der Waals surface area contributed by atoms with Crippen LogP contribution in [0.1, 0.15) is 24.0 Å². The van der Waals surface area contributed by atoms with Crippen molar-refractivity contribution in [3.05, 3.63) is 29.3 Å². The summed E-state index contributed by atoms with van der Waals surface area (Å²) < 4.78 is 5.54. The number of rotatable bonds is 4. The number of amides is 1. The van der Waals surface area contributed by atoms with Gasteiger partial charge in [0, 0.05) is 13.1 Å². The Morgan fingerprint density at radius 2 is 1.88 bits per heavy atom. The van der Waals surface area contributed by atoms with E-state index in [0.717, 1.165) is 29.7 Å². The maximum atomic E-state index is 11.8. The number of carbonyl (C=O) groups is 1. The second-order valence-corrected chi connectivity index (χ2v) is 4.85. The molecule has 0 spiro atoms.